The Morgan fingerprint density at radius 3 is 2.54 bits per heavy atom. The van der Waals surface area contributed by atoms with Gasteiger partial charge in [0.15, 0.2) is 17.3 Å². The monoisotopic (exact) mass is 376 g/mol. The molecule has 0 spiro atoms. The minimum Gasteiger partial charge on any atom is -0.437 e. The molecule has 0 N–H and O–H groups in total. The van der Waals surface area contributed by atoms with Gasteiger partial charge in [0.25, 0.3) is 0 Å². The Kier molecular flexibility index (Phi) is 3.96. The molecule has 2 aromatic heterocycles. The molecule has 4 rings (SSSR count). The van der Waals surface area contributed by atoms with Crippen molar-refractivity contribution < 1.29 is 17.9 Å². The maximum atomic E-state index is 13.7. The van der Waals surface area contributed by atoms with Gasteiger partial charge in [-0.2, -0.15) is 4.52 Å². The van der Waals surface area contributed by atoms with E-state index in [9.17, 15) is 13.2 Å². The van der Waals surface area contributed by atoms with Crippen LogP contribution < -0.4 is 4.74 Å². The number of nitrogens with zero attached hydrogens (tertiary/aromatic N) is 4. The predicted octanol–water partition coefficient (Wildman–Crippen LogP) is 4.65. The predicted molar refractivity (Wildman–Crippen MR) is 87.6 cm³/mol. The lowest BCUT2D eigenvalue weighted by atomic mass is 10.0. The quantitative estimate of drug-likeness (QED) is 0.522. The molecule has 0 bridgehead atoms. The molecule has 0 atom stereocenters. The summed E-state index contributed by atoms with van der Waals surface area (Å²) < 4.78 is 47.4. The summed E-state index contributed by atoms with van der Waals surface area (Å²) in [6.45, 7) is 0. The molecule has 0 aliphatic heterocycles. The average molecular weight is 377 g/mol. The summed E-state index contributed by atoms with van der Waals surface area (Å²) in [6.07, 6.45) is 0. The van der Waals surface area contributed by atoms with Crippen molar-refractivity contribution in [1.82, 2.24) is 19.8 Å². The molecule has 0 saturated carbocycles. The van der Waals surface area contributed by atoms with Crippen LogP contribution in [0.2, 0.25) is 5.28 Å². The number of rotatable bonds is 3. The third-order valence-corrected chi connectivity index (χ3v) is 3.82. The molecule has 0 aliphatic carbocycles. The Labute approximate surface area is 149 Å². The van der Waals surface area contributed by atoms with Crippen LogP contribution in [0.3, 0.4) is 0 Å². The van der Waals surface area contributed by atoms with Gasteiger partial charge in [0.05, 0.1) is 0 Å². The van der Waals surface area contributed by atoms with Gasteiger partial charge in [-0.05, 0) is 53.6 Å². The topological polar surface area (TPSA) is 52.3 Å². The molecular weight excluding hydrogens is 369 g/mol. The molecule has 0 aliphatic rings. The second kappa shape index (κ2) is 6.30. The van der Waals surface area contributed by atoms with Gasteiger partial charge in [0.1, 0.15) is 11.6 Å². The number of halogens is 4. The number of hydrogen-bond acceptors (Lipinski definition) is 4. The van der Waals surface area contributed by atoms with Crippen LogP contribution >= 0.6 is 11.6 Å². The number of aromatic nitrogens is 4. The maximum Gasteiger partial charge on any atom is 0.246 e. The lowest BCUT2D eigenvalue weighted by Gasteiger charge is -2.11. The average Bonchev–Trinajstić information content (AvgIpc) is 3.00. The van der Waals surface area contributed by atoms with Crippen LogP contribution in [-0.2, 0) is 0 Å². The zero-order valence-corrected chi connectivity index (χ0v) is 13.6. The van der Waals surface area contributed by atoms with Crippen molar-refractivity contribution >= 4 is 17.2 Å². The van der Waals surface area contributed by atoms with E-state index < -0.39 is 17.5 Å². The van der Waals surface area contributed by atoms with Gasteiger partial charge >= 0.3 is 0 Å². The molecule has 5 nitrogen and oxygen atoms in total. The van der Waals surface area contributed by atoms with Crippen LogP contribution in [-0.4, -0.2) is 19.8 Å². The van der Waals surface area contributed by atoms with Gasteiger partial charge in [-0.25, -0.2) is 13.2 Å². The number of ether oxygens (including phenoxy) is 1. The molecule has 0 unspecified atom stereocenters. The van der Waals surface area contributed by atoms with Gasteiger partial charge < -0.3 is 4.74 Å². The fraction of sp³-hybridized carbons (Fsp3) is 0. The zero-order valence-electron chi connectivity index (χ0n) is 12.8. The summed E-state index contributed by atoms with van der Waals surface area (Å²) in [5.74, 6) is -2.26. The van der Waals surface area contributed by atoms with Crippen molar-refractivity contribution in [2.45, 2.75) is 0 Å². The van der Waals surface area contributed by atoms with Crippen molar-refractivity contribution in [3.05, 3.63) is 71.3 Å². The van der Waals surface area contributed by atoms with Crippen LogP contribution in [0, 0.1) is 17.5 Å². The number of fused-ring (bicyclic) bond motifs is 1. The van der Waals surface area contributed by atoms with E-state index in [4.69, 9.17) is 16.3 Å². The van der Waals surface area contributed by atoms with E-state index in [0.717, 1.165) is 18.2 Å². The minimum atomic E-state index is -1.05. The van der Waals surface area contributed by atoms with E-state index in [1.807, 2.05) is 0 Å². The molecule has 130 valence electrons. The van der Waals surface area contributed by atoms with Crippen LogP contribution in [0.25, 0.3) is 16.8 Å². The molecule has 0 fully saturated rings. The molecule has 2 heterocycles. The molecule has 9 heteroatoms. The molecule has 0 amide bonds. The first-order valence-electron chi connectivity index (χ1n) is 7.32. The Balaban J connectivity index is 1.78. The lowest BCUT2D eigenvalue weighted by Crippen LogP contribution is -1.97. The SMILES string of the molecule is Fc1ccc(Oc2ccc3nnc(Cl)n3n2)c(-c2ccc(F)c(F)c2)c1. The fourth-order valence-electron chi connectivity index (χ4n) is 2.39. The second-order valence-electron chi connectivity index (χ2n) is 5.28. The molecule has 0 radical (unpaired) electrons. The first-order valence-corrected chi connectivity index (χ1v) is 7.70. The summed E-state index contributed by atoms with van der Waals surface area (Å²) >= 11 is 5.87. The molecule has 4 aromatic rings. The van der Waals surface area contributed by atoms with E-state index in [1.54, 1.807) is 6.07 Å². The van der Waals surface area contributed by atoms with E-state index in [2.05, 4.69) is 15.3 Å². The normalized spacial score (nSPS) is 11.1. The van der Waals surface area contributed by atoms with E-state index in [1.165, 1.54) is 28.8 Å². The van der Waals surface area contributed by atoms with Crippen LogP contribution in [0.1, 0.15) is 0 Å². The Morgan fingerprint density at radius 2 is 1.73 bits per heavy atom. The largest absolute Gasteiger partial charge is 0.437 e. The van der Waals surface area contributed by atoms with Gasteiger partial charge in [-0.1, -0.05) is 6.07 Å². The highest BCUT2D eigenvalue weighted by Gasteiger charge is 2.13. The van der Waals surface area contributed by atoms with Crippen molar-refractivity contribution in [2.24, 2.45) is 0 Å². The first kappa shape index (κ1) is 16.3. The van der Waals surface area contributed by atoms with Crippen LogP contribution in [0.15, 0.2) is 48.5 Å². The smallest absolute Gasteiger partial charge is 0.246 e. The van der Waals surface area contributed by atoms with Gasteiger partial charge in [-0.3, -0.25) is 0 Å². The lowest BCUT2D eigenvalue weighted by molar-refractivity contribution is 0.452. The van der Waals surface area contributed by atoms with Crippen LogP contribution in [0.4, 0.5) is 13.2 Å². The molecule has 26 heavy (non-hydrogen) atoms. The van der Waals surface area contributed by atoms with Gasteiger partial charge in [0.2, 0.25) is 11.2 Å². The van der Waals surface area contributed by atoms with E-state index >= 15 is 0 Å². The maximum absolute atomic E-state index is 13.7. The highest BCUT2D eigenvalue weighted by atomic mass is 35.5. The van der Waals surface area contributed by atoms with Crippen molar-refractivity contribution in [1.29, 1.82) is 0 Å². The summed E-state index contributed by atoms with van der Waals surface area (Å²) in [6, 6.07) is 10.1. The van der Waals surface area contributed by atoms with E-state index in [-0.39, 0.29) is 28.0 Å². The van der Waals surface area contributed by atoms with Crippen molar-refractivity contribution in [3.8, 4) is 22.8 Å². The van der Waals surface area contributed by atoms with Crippen molar-refractivity contribution in [2.75, 3.05) is 0 Å². The highest BCUT2D eigenvalue weighted by Crippen LogP contribution is 2.34. The molecule has 0 saturated heterocycles. The van der Waals surface area contributed by atoms with Gasteiger partial charge in [-0.15, -0.1) is 15.3 Å². The third-order valence-electron chi connectivity index (χ3n) is 3.59. The summed E-state index contributed by atoms with van der Waals surface area (Å²) in [5.41, 5.74) is 0.907. The fourth-order valence-corrected chi connectivity index (χ4v) is 2.56. The number of benzene rings is 2. The van der Waals surface area contributed by atoms with Crippen LogP contribution in [0.5, 0.6) is 11.6 Å². The highest BCUT2D eigenvalue weighted by molar-refractivity contribution is 6.28. The molecular formula is C17H8ClF3N4O. The summed E-state index contributed by atoms with van der Waals surface area (Å²) in [5, 5.41) is 11.6. The Bertz CT molecular complexity index is 1130. The standard InChI is InChI=1S/C17H8ClF3N4O/c18-17-23-22-15-5-6-16(24-25(15)17)26-14-4-2-10(19)8-11(14)9-1-3-12(20)13(21)7-9/h1-8H. The third kappa shape index (κ3) is 2.95. The summed E-state index contributed by atoms with van der Waals surface area (Å²) in [7, 11) is 0. The van der Waals surface area contributed by atoms with E-state index in [0.29, 0.717) is 5.65 Å². The zero-order chi connectivity index (χ0) is 18.3. The molecule has 2 aromatic carbocycles. The van der Waals surface area contributed by atoms with Crippen molar-refractivity contribution in [3.63, 3.8) is 0 Å². The Morgan fingerprint density at radius 1 is 0.885 bits per heavy atom. The Hall–Kier alpha value is -3.13. The minimum absolute atomic E-state index is 0.0467. The summed E-state index contributed by atoms with van der Waals surface area (Å²) in [4.78, 5) is 0. The van der Waals surface area contributed by atoms with Gasteiger partial charge in [0, 0.05) is 11.6 Å². The first-order chi connectivity index (χ1) is 12.5. The second-order valence-corrected chi connectivity index (χ2v) is 5.62. The number of hydrogen-bond donors (Lipinski definition) is 0.